The van der Waals surface area contributed by atoms with Gasteiger partial charge in [-0.2, -0.15) is 0 Å². The number of benzene rings is 2. The summed E-state index contributed by atoms with van der Waals surface area (Å²) < 4.78 is 29.4. The van der Waals surface area contributed by atoms with Crippen molar-refractivity contribution in [2.24, 2.45) is 0 Å². The van der Waals surface area contributed by atoms with Crippen LogP contribution in [0.15, 0.2) is 66.9 Å². The van der Waals surface area contributed by atoms with E-state index in [4.69, 9.17) is 0 Å². The van der Waals surface area contributed by atoms with E-state index in [-0.39, 0.29) is 11.6 Å². The molecule has 3 nitrogen and oxygen atoms in total. The Hall–Kier alpha value is -2.95. The van der Waals surface area contributed by atoms with Crippen molar-refractivity contribution in [1.29, 1.82) is 0 Å². The van der Waals surface area contributed by atoms with Crippen LogP contribution in [-0.4, -0.2) is 21.9 Å². The van der Waals surface area contributed by atoms with Gasteiger partial charge in [-0.3, -0.25) is 4.79 Å². The average Bonchev–Trinajstić information content (AvgIpc) is 3.10. The van der Waals surface area contributed by atoms with Crippen LogP contribution in [0.5, 0.6) is 0 Å². The highest BCUT2D eigenvalue weighted by atomic mass is 19.1. The zero-order valence-electron chi connectivity index (χ0n) is 13.4. The van der Waals surface area contributed by atoms with Gasteiger partial charge in [-0.25, -0.2) is 8.78 Å². The van der Waals surface area contributed by atoms with Gasteiger partial charge in [-0.15, -0.1) is 0 Å². The van der Waals surface area contributed by atoms with Gasteiger partial charge >= 0.3 is 0 Å². The van der Waals surface area contributed by atoms with E-state index in [2.05, 4.69) is 4.57 Å². The van der Waals surface area contributed by atoms with Crippen molar-refractivity contribution in [1.82, 2.24) is 9.47 Å². The van der Waals surface area contributed by atoms with E-state index in [1.54, 1.807) is 4.90 Å². The van der Waals surface area contributed by atoms with Crippen molar-refractivity contribution in [3.05, 3.63) is 95.3 Å². The van der Waals surface area contributed by atoms with Crippen LogP contribution in [0.4, 0.5) is 8.78 Å². The van der Waals surface area contributed by atoms with Gasteiger partial charge in [0.05, 0.1) is 11.6 Å². The molecular formula is C20H16F2N2O. The van der Waals surface area contributed by atoms with Crippen LogP contribution in [0.1, 0.15) is 27.7 Å². The SMILES string of the molecule is O=C(c1ccc(F)cc1F)N1CCn2cccc2C1c1ccccc1. The van der Waals surface area contributed by atoms with E-state index in [1.165, 1.54) is 6.07 Å². The summed E-state index contributed by atoms with van der Waals surface area (Å²) in [5.41, 5.74) is 1.83. The Kier molecular flexibility index (Phi) is 3.84. The largest absolute Gasteiger partial charge is 0.348 e. The lowest BCUT2D eigenvalue weighted by Gasteiger charge is -2.37. The molecule has 1 aliphatic heterocycles. The van der Waals surface area contributed by atoms with Crippen LogP contribution in [0.3, 0.4) is 0 Å². The first-order valence-corrected chi connectivity index (χ1v) is 8.11. The highest BCUT2D eigenvalue weighted by Crippen LogP contribution is 2.33. The van der Waals surface area contributed by atoms with Crippen molar-refractivity contribution in [3.63, 3.8) is 0 Å². The summed E-state index contributed by atoms with van der Waals surface area (Å²) in [6.07, 6.45) is 1.98. The average molecular weight is 338 g/mol. The first-order valence-electron chi connectivity index (χ1n) is 8.11. The molecular weight excluding hydrogens is 322 g/mol. The number of nitrogens with zero attached hydrogens (tertiary/aromatic N) is 2. The lowest BCUT2D eigenvalue weighted by molar-refractivity contribution is 0.0659. The maximum Gasteiger partial charge on any atom is 0.257 e. The van der Waals surface area contributed by atoms with Gasteiger partial charge in [0.2, 0.25) is 0 Å². The van der Waals surface area contributed by atoms with Gasteiger partial charge in [0, 0.05) is 31.0 Å². The van der Waals surface area contributed by atoms with Crippen LogP contribution in [-0.2, 0) is 6.54 Å². The fraction of sp³-hybridized carbons (Fsp3) is 0.150. The van der Waals surface area contributed by atoms with Gasteiger partial charge in [-0.05, 0) is 29.8 Å². The van der Waals surface area contributed by atoms with E-state index in [0.717, 1.165) is 23.4 Å². The van der Waals surface area contributed by atoms with E-state index < -0.39 is 17.5 Å². The second kappa shape index (κ2) is 6.16. The molecule has 0 saturated carbocycles. The van der Waals surface area contributed by atoms with Crippen molar-refractivity contribution in [2.75, 3.05) is 6.54 Å². The molecule has 0 aliphatic carbocycles. The summed E-state index contributed by atoms with van der Waals surface area (Å²) in [6, 6.07) is 16.3. The molecule has 5 heteroatoms. The first kappa shape index (κ1) is 15.6. The zero-order valence-corrected chi connectivity index (χ0v) is 13.4. The monoisotopic (exact) mass is 338 g/mol. The maximum absolute atomic E-state index is 14.1. The molecule has 3 aromatic rings. The molecule has 0 radical (unpaired) electrons. The third kappa shape index (κ3) is 2.71. The molecule has 25 heavy (non-hydrogen) atoms. The normalized spacial score (nSPS) is 16.6. The number of carbonyl (C=O) groups excluding carboxylic acids is 1. The highest BCUT2D eigenvalue weighted by Gasteiger charge is 2.33. The Morgan fingerprint density at radius 3 is 2.52 bits per heavy atom. The predicted molar refractivity (Wildman–Crippen MR) is 90.1 cm³/mol. The van der Waals surface area contributed by atoms with Crippen molar-refractivity contribution >= 4 is 5.91 Å². The lowest BCUT2D eigenvalue weighted by atomic mass is 9.99. The van der Waals surface area contributed by atoms with E-state index in [1.807, 2.05) is 48.7 Å². The first-order chi connectivity index (χ1) is 12.1. The molecule has 2 aromatic carbocycles. The lowest BCUT2D eigenvalue weighted by Crippen LogP contribution is -2.42. The summed E-state index contributed by atoms with van der Waals surface area (Å²) in [4.78, 5) is 14.7. The van der Waals surface area contributed by atoms with Crippen LogP contribution < -0.4 is 0 Å². The second-order valence-electron chi connectivity index (χ2n) is 6.06. The molecule has 1 aliphatic rings. The molecule has 0 fully saturated rings. The summed E-state index contributed by atoms with van der Waals surface area (Å²) in [6.45, 7) is 1.09. The molecule has 1 amide bonds. The topological polar surface area (TPSA) is 25.2 Å². The van der Waals surface area contributed by atoms with Gasteiger partial charge in [0.15, 0.2) is 0 Å². The van der Waals surface area contributed by atoms with E-state index in [9.17, 15) is 13.6 Å². The minimum Gasteiger partial charge on any atom is -0.348 e. The summed E-state index contributed by atoms with van der Waals surface area (Å²) in [7, 11) is 0. The Bertz CT molecular complexity index is 920. The molecule has 126 valence electrons. The Labute approximate surface area is 144 Å². The Morgan fingerprint density at radius 2 is 1.76 bits per heavy atom. The quantitative estimate of drug-likeness (QED) is 0.693. The minimum atomic E-state index is -0.835. The molecule has 0 saturated heterocycles. The number of hydrogen-bond acceptors (Lipinski definition) is 1. The van der Waals surface area contributed by atoms with Crippen molar-refractivity contribution in [2.45, 2.75) is 12.6 Å². The van der Waals surface area contributed by atoms with Crippen LogP contribution >= 0.6 is 0 Å². The van der Waals surface area contributed by atoms with Crippen LogP contribution in [0.25, 0.3) is 0 Å². The van der Waals surface area contributed by atoms with E-state index in [0.29, 0.717) is 13.1 Å². The molecule has 0 N–H and O–H groups in total. The number of hydrogen-bond donors (Lipinski definition) is 0. The number of rotatable bonds is 2. The number of fused-ring (bicyclic) bond motifs is 1. The molecule has 4 rings (SSSR count). The Balaban J connectivity index is 1.79. The third-order valence-corrected chi connectivity index (χ3v) is 4.58. The molecule has 1 aromatic heterocycles. The standard InChI is InChI=1S/C20H16F2N2O/c21-15-8-9-16(17(22)13-15)20(25)24-12-11-23-10-4-7-18(23)19(24)14-5-2-1-3-6-14/h1-10,13,19H,11-12H2. The molecule has 1 unspecified atom stereocenters. The highest BCUT2D eigenvalue weighted by molar-refractivity contribution is 5.95. The molecule has 1 atom stereocenters. The summed E-state index contributed by atoms with van der Waals surface area (Å²) >= 11 is 0. The van der Waals surface area contributed by atoms with Crippen molar-refractivity contribution < 1.29 is 13.6 Å². The summed E-state index contributed by atoms with van der Waals surface area (Å²) in [5, 5.41) is 0. The molecule has 0 bridgehead atoms. The summed E-state index contributed by atoms with van der Waals surface area (Å²) in [5.74, 6) is -1.96. The maximum atomic E-state index is 14.1. The molecule has 0 spiro atoms. The molecule has 2 heterocycles. The number of amides is 1. The Morgan fingerprint density at radius 1 is 0.960 bits per heavy atom. The van der Waals surface area contributed by atoms with Gasteiger partial charge in [0.1, 0.15) is 11.6 Å². The van der Waals surface area contributed by atoms with Gasteiger partial charge in [0.25, 0.3) is 5.91 Å². The van der Waals surface area contributed by atoms with Crippen LogP contribution in [0, 0.1) is 11.6 Å². The van der Waals surface area contributed by atoms with Crippen LogP contribution in [0.2, 0.25) is 0 Å². The van der Waals surface area contributed by atoms with Gasteiger partial charge < -0.3 is 9.47 Å². The number of carbonyl (C=O) groups is 1. The number of halogens is 2. The van der Waals surface area contributed by atoms with Crippen molar-refractivity contribution in [3.8, 4) is 0 Å². The fourth-order valence-electron chi connectivity index (χ4n) is 3.41. The fourth-order valence-corrected chi connectivity index (χ4v) is 3.41. The van der Waals surface area contributed by atoms with E-state index >= 15 is 0 Å². The predicted octanol–water partition coefficient (Wildman–Crippen LogP) is 4.01. The zero-order chi connectivity index (χ0) is 17.4. The smallest absolute Gasteiger partial charge is 0.257 e. The van der Waals surface area contributed by atoms with Gasteiger partial charge in [-0.1, -0.05) is 30.3 Å². The second-order valence-corrected chi connectivity index (χ2v) is 6.06. The minimum absolute atomic E-state index is 0.109. The number of aromatic nitrogens is 1. The third-order valence-electron chi connectivity index (χ3n) is 4.58.